The fourth-order valence-corrected chi connectivity index (χ4v) is 1.69. The number of carboxylic acid groups (broad SMARTS) is 2. The van der Waals surface area contributed by atoms with Gasteiger partial charge in [0.15, 0.2) is 5.82 Å². The molecule has 10 nitrogen and oxygen atoms in total. The second kappa shape index (κ2) is 5.99. The summed E-state index contributed by atoms with van der Waals surface area (Å²) in [7, 11) is 1.57. The third kappa shape index (κ3) is 3.42. The van der Waals surface area contributed by atoms with Crippen LogP contribution in [0.2, 0.25) is 0 Å². The van der Waals surface area contributed by atoms with E-state index in [2.05, 4.69) is 20.8 Å². The van der Waals surface area contributed by atoms with Gasteiger partial charge in [-0.25, -0.2) is 14.3 Å². The predicted octanol–water partition coefficient (Wildman–Crippen LogP) is -0.212. The van der Waals surface area contributed by atoms with Gasteiger partial charge in [0.2, 0.25) is 5.91 Å². The third-order valence-electron chi connectivity index (χ3n) is 2.74. The van der Waals surface area contributed by atoms with Crippen LogP contribution in [0.3, 0.4) is 0 Å². The number of hydrogen-bond donors (Lipinski definition) is 3. The molecule has 114 valence electrons. The van der Waals surface area contributed by atoms with E-state index in [1.807, 2.05) is 0 Å². The third-order valence-corrected chi connectivity index (χ3v) is 2.74. The molecule has 2 aromatic rings. The van der Waals surface area contributed by atoms with Crippen molar-refractivity contribution in [3.63, 3.8) is 0 Å². The summed E-state index contributed by atoms with van der Waals surface area (Å²) in [5.41, 5.74) is -0.413. The number of carbonyl (C=O) groups excluding carboxylic acids is 1. The molecule has 0 unspecified atom stereocenters. The van der Waals surface area contributed by atoms with Crippen LogP contribution < -0.4 is 5.32 Å². The molecule has 22 heavy (non-hydrogen) atoms. The second-order valence-corrected chi connectivity index (χ2v) is 4.35. The summed E-state index contributed by atoms with van der Waals surface area (Å²) in [6, 6.07) is 3.34. The van der Waals surface area contributed by atoms with Crippen molar-refractivity contribution in [2.24, 2.45) is 7.05 Å². The van der Waals surface area contributed by atoms with Gasteiger partial charge in [-0.3, -0.25) is 4.79 Å². The van der Waals surface area contributed by atoms with Crippen LogP contribution in [0.25, 0.3) is 0 Å². The van der Waals surface area contributed by atoms with E-state index in [9.17, 15) is 14.4 Å². The van der Waals surface area contributed by atoms with Crippen molar-refractivity contribution < 1.29 is 24.6 Å². The molecule has 1 heterocycles. The van der Waals surface area contributed by atoms with Crippen LogP contribution in [0, 0.1) is 0 Å². The maximum atomic E-state index is 11.9. The molecule has 0 fully saturated rings. The van der Waals surface area contributed by atoms with Gasteiger partial charge in [0.1, 0.15) is 0 Å². The summed E-state index contributed by atoms with van der Waals surface area (Å²) in [6.07, 6.45) is -0.136. The zero-order chi connectivity index (χ0) is 16.3. The molecule has 0 aliphatic rings. The van der Waals surface area contributed by atoms with Crippen LogP contribution >= 0.6 is 0 Å². The number of nitrogens with zero attached hydrogens (tertiary/aromatic N) is 4. The maximum absolute atomic E-state index is 11.9. The first-order chi connectivity index (χ1) is 10.4. The minimum absolute atomic E-state index is 0.0671. The highest BCUT2D eigenvalue weighted by molar-refractivity contribution is 5.98. The van der Waals surface area contributed by atoms with Crippen LogP contribution in [0.4, 0.5) is 5.69 Å². The van der Waals surface area contributed by atoms with Crippen molar-refractivity contribution in [2.75, 3.05) is 5.32 Å². The molecule has 0 saturated carbocycles. The number of tetrazole rings is 1. The SMILES string of the molecule is Cn1nnnc1CC(=O)Nc1cc(C(=O)O)cc(C(=O)O)c1. The quantitative estimate of drug-likeness (QED) is 0.687. The van der Waals surface area contributed by atoms with Gasteiger partial charge in [0.25, 0.3) is 0 Å². The molecule has 2 rings (SSSR count). The zero-order valence-corrected chi connectivity index (χ0v) is 11.3. The fraction of sp³-hybridized carbons (Fsp3) is 0.167. The first-order valence-corrected chi connectivity index (χ1v) is 5.99. The number of aromatic nitrogens is 4. The van der Waals surface area contributed by atoms with E-state index < -0.39 is 17.8 Å². The molecule has 1 aromatic carbocycles. The summed E-state index contributed by atoms with van der Waals surface area (Å²) < 4.78 is 1.32. The predicted molar refractivity (Wildman–Crippen MR) is 71.5 cm³/mol. The number of carboxylic acids is 2. The lowest BCUT2D eigenvalue weighted by Crippen LogP contribution is -2.18. The van der Waals surface area contributed by atoms with E-state index >= 15 is 0 Å². The first-order valence-electron chi connectivity index (χ1n) is 5.99. The lowest BCUT2D eigenvalue weighted by atomic mass is 10.1. The fourth-order valence-electron chi connectivity index (χ4n) is 1.69. The average Bonchev–Trinajstić information content (AvgIpc) is 2.83. The molecule has 0 saturated heterocycles. The van der Waals surface area contributed by atoms with Gasteiger partial charge in [-0.15, -0.1) is 5.10 Å². The Hall–Kier alpha value is -3.30. The molecule has 1 aromatic heterocycles. The highest BCUT2D eigenvalue weighted by Crippen LogP contribution is 2.16. The minimum atomic E-state index is -1.30. The topological polar surface area (TPSA) is 147 Å². The Labute approximate surface area is 123 Å². The van der Waals surface area contributed by atoms with Gasteiger partial charge in [-0.2, -0.15) is 0 Å². The number of anilines is 1. The van der Waals surface area contributed by atoms with Crippen LogP contribution in [-0.2, 0) is 18.3 Å². The largest absolute Gasteiger partial charge is 0.478 e. The molecule has 0 radical (unpaired) electrons. The first kappa shape index (κ1) is 15.1. The van der Waals surface area contributed by atoms with Crippen molar-refractivity contribution in [1.29, 1.82) is 0 Å². The Morgan fingerprint density at radius 3 is 2.18 bits per heavy atom. The molecule has 10 heteroatoms. The number of aromatic carboxylic acids is 2. The number of benzene rings is 1. The normalized spacial score (nSPS) is 10.2. The smallest absolute Gasteiger partial charge is 0.335 e. The van der Waals surface area contributed by atoms with Gasteiger partial charge < -0.3 is 15.5 Å². The lowest BCUT2D eigenvalue weighted by Gasteiger charge is -2.07. The van der Waals surface area contributed by atoms with Gasteiger partial charge in [-0.1, -0.05) is 0 Å². The Balaban J connectivity index is 2.21. The molecular weight excluding hydrogens is 294 g/mol. The van der Waals surface area contributed by atoms with E-state index in [1.54, 1.807) is 7.05 Å². The van der Waals surface area contributed by atoms with E-state index in [1.165, 1.54) is 16.8 Å². The van der Waals surface area contributed by atoms with Crippen molar-refractivity contribution in [3.8, 4) is 0 Å². The molecule has 3 N–H and O–H groups in total. The minimum Gasteiger partial charge on any atom is -0.478 e. The van der Waals surface area contributed by atoms with E-state index in [0.717, 1.165) is 6.07 Å². The summed E-state index contributed by atoms with van der Waals surface area (Å²) in [5.74, 6) is -2.78. The zero-order valence-electron chi connectivity index (χ0n) is 11.3. The van der Waals surface area contributed by atoms with Crippen LogP contribution in [-0.4, -0.2) is 48.3 Å². The van der Waals surface area contributed by atoms with Gasteiger partial charge in [-0.05, 0) is 28.6 Å². The Bertz CT molecular complexity index is 722. The number of carbonyl (C=O) groups is 3. The van der Waals surface area contributed by atoms with E-state index in [-0.39, 0.29) is 23.2 Å². The lowest BCUT2D eigenvalue weighted by molar-refractivity contribution is -0.115. The molecule has 0 bridgehead atoms. The molecule has 0 aliphatic carbocycles. The van der Waals surface area contributed by atoms with E-state index in [4.69, 9.17) is 10.2 Å². The van der Waals surface area contributed by atoms with Gasteiger partial charge in [0.05, 0.1) is 17.5 Å². The number of aryl methyl sites for hydroxylation is 1. The Morgan fingerprint density at radius 2 is 1.73 bits per heavy atom. The Kier molecular flexibility index (Phi) is 4.11. The van der Waals surface area contributed by atoms with Gasteiger partial charge in [0, 0.05) is 12.7 Å². The summed E-state index contributed by atoms with van der Waals surface area (Å²) in [5, 5.41) is 30.9. The van der Waals surface area contributed by atoms with Crippen LogP contribution in [0.15, 0.2) is 18.2 Å². The van der Waals surface area contributed by atoms with Crippen LogP contribution in [0.5, 0.6) is 0 Å². The highest BCUT2D eigenvalue weighted by atomic mass is 16.4. The number of amides is 1. The molecule has 0 aliphatic heterocycles. The Morgan fingerprint density at radius 1 is 1.14 bits per heavy atom. The van der Waals surface area contributed by atoms with Crippen molar-refractivity contribution in [3.05, 3.63) is 35.2 Å². The summed E-state index contributed by atoms with van der Waals surface area (Å²) >= 11 is 0. The van der Waals surface area contributed by atoms with Gasteiger partial charge >= 0.3 is 11.9 Å². The maximum Gasteiger partial charge on any atom is 0.335 e. The molecule has 0 atom stereocenters. The van der Waals surface area contributed by atoms with E-state index in [0.29, 0.717) is 5.82 Å². The second-order valence-electron chi connectivity index (χ2n) is 4.35. The molecule has 1 amide bonds. The summed E-state index contributed by atoms with van der Waals surface area (Å²) in [6.45, 7) is 0. The number of hydrogen-bond acceptors (Lipinski definition) is 6. The molecule has 0 spiro atoms. The number of rotatable bonds is 5. The highest BCUT2D eigenvalue weighted by Gasteiger charge is 2.14. The van der Waals surface area contributed by atoms with Crippen molar-refractivity contribution in [1.82, 2.24) is 20.2 Å². The standard InChI is InChI=1S/C12H11N5O5/c1-17-9(14-15-16-17)5-10(18)13-8-3-6(11(19)20)2-7(4-8)12(21)22/h2-4H,5H2,1H3,(H,13,18)(H,19,20)(H,21,22). The van der Waals surface area contributed by atoms with Crippen molar-refractivity contribution in [2.45, 2.75) is 6.42 Å². The monoisotopic (exact) mass is 305 g/mol. The number of nitrogens with one attached hydrogen (secondary N) is 1. The average molecular weight is 305 g/mol. The summed E-state index contributed by atoms with van der Waals surface area (Å²) in [4.78, 5) is 33.8. The van der Waals surface area contributed by atoms with Crippen LogP contribution in [0.1, 0.15) is 26.5 Å². The van der Waals surface area contributed by atoms with Crippen molar-refractivity contribution >= 4 is 23.5 Å². The molecular formula is C12H11N5O5.